The van der Waals surface area contributed by atoms with E-state index in [0.29, 0.717) is 5.92 Å². The standard InChI is InChI=1S/C5H9NOS/c1-3-2-4(3)5(7)6-8/h3-4,8H,2H2,1H3,(H,6,7). The molecule has 1 aliphatic rings. The number of hydrogen-bond donors (Lipinski definition) is 2. The third-order valence-electron chi connectivity index (χ3n) is 1.56. The zero-order chi connectivity index (χ0) is 6.15. The second kappa shape index (κ2) is 1.97. The third-order valence-corrected chi connectivity index (χ3v) is 1.78. The Labute approximate surface area is 54.2 Å². The molecule has 0 aromatic rings. The first-order valence-electron chi connectivity index (χ1n) is 2.69. The van der Waals surface area contributed by atoms with Gasteiger partial charge in [0.25, 0.3) is 0 Å². The number of hydrogen-bond acceptors (Lipinski definition) is 2. The van der Waals surface area contributed by atoms with Crippen LogP contribution < -0.4 is 4.72 Å². The minimum absolute atomic E-state index is 0.0702. The van der Waals surface area contributed by atoms with Crippen molar-refractivity contribution in [3.05, 3.63) is 0 Å². The highest BCUT2D eigenvalue weighted by atomic mass is 32.1. The lowest BCUT2D eigenvalue weighted by Gasteiger charge is -1.90. The van der Waals surface area contributed by atoms with Crippen molar-refractivity contribution in [2.24, 2.45) is 11.8 Å². The van der Waals surface area contributed by atoms with Crippen molar-refractivity contribution in [3.63, 3.8) is 0 Å². The predicted molar refractivity (Wildman–Crippen MR) is 34.4 cm³/mol. The third kappa shape index (κ3) is 0.968. The molecule has 1 aliphatic carbocycles. The second-order valence-corrected chi connectivity index (χ2v) is 2.52. The van der Waals surface area contributed by atoms with E-state index in [9.17, 15) is 4.79 Å². The Morgan fingerprint density at radius 3 is 2.50 bits per heavy atom. The van der Waals surface area contributed by atoms with E-state index in [1.165, 1.54) is 0 Å². The van der Waals surface area contributed by atoms with Crippen LogP contribution in [0.2, 0.25) is 0 Å². The first kappa shape index (κ1) is 5.95. The van der Waals surface area contributed by atoms with Crippen LogP contribution >= 0.6 is 12.8 Å². The molecule has 1 rings (SSSR count). The molecule has 1 saturated carbocycles. The van der Waals surface area contributed by atoms with Crippen molar-refractivity contribution in [3.8, 4) is 0 Å². The molecule has 1 N–H and O–H groups in total. The molecule has 2 nitrogen and oxygen atoms in total. The van der Waals surface area contributed by atoms with Gasteiger partial charge in [-0.2, -0.15) is 0 Å². The van der Waals surface area contributed by atoms with Gasteiger partial charge in [0.15, 0.2) is 0 Å². The molecule has 0 bridgehead atoms. The van der Waals surface area contributed by atoms with Gasteiger partial charge in [-0.15, -0.1) is 0 Å². The van der Waals surface area contributed by atoms with E-state index in [4.69, 9.17) is 0 Å². The number of rotatable bonds is 1. The highest BCUT2D eigenvalue weighted by Crippen LogP contribution is 2.37. The van der Waals surface area contributed by atoms with Gasteiger partial charge in [0.2, 0.25) is 5.91 Å². The molecule has 1 amide bonds. The SMILES string of the molecule is CC1CC1C(=O)NS. The molecule has 0 aromatic heterocycles. The maximum absolute atomic E-state index is 10.6. The summed E-state index contributed by atoms with van der Waals surface area (Å²) in [6, 6.07) is 0. The fourth-order valence-electron chi connectivity index (χ4n) is 0.770. The summed E-state index contributed by atoms with van der Waals surface area (Å²) in [5.41, 5.74) is 0. The maximum Gasteiger partial charge on any atom is 0.233 e. The lowest BCUT2D eigenvalue weighted by molar-refractivity contribution is -0.120. The van der Waals surface area contributed by atoms with Crippen molar-refractivity contribution in [1.82, 2.24) is 4.72 Å². The monoisotopic (exact) mass is 131 g/mol. The van der Waals surface area contributed by atoms with Crippen molar-refractivity contribution >= 4 is 18.7 Å². The fourth-order valence-corrected chi connectivity index (χ4v) is 0.936. The first-order chi connectivity index (χ1) is 3.75. The largest absolute Gasteiger partial charge is 0.303 e. The molecule has 0 aromatic carbocycles. The molecule has 8 heavy (non-hydrogen) atoms. The number of amides is 1. The van der Waals surface area contributed by atoms with Gasteiger partial charge in [-0.1, -0.05) is 19.7 Å². The van der Waals surface area contributed by atoms with Crippen LogP contribution in [0.15, 0.2) is 0 Å². The molecule has 46 valence electrons. The van der Waals surface area contributed by atoms with Crippen LogP contribution in [0.1, 0.15) is 13.3 Å². The molecular formula is C5H9NOS. The van der Waals surface area contributed by atoms with Crippen molar-refractivity contribution < 1.29 is 4.79 Å². The van der Waals surface area contributed by atoms with Gasteiger partial charge in [-0.05, 0) is 12.3 Å². The van der Waals surface area contributed by atoms with Gasteiger partial charge >= 0.3 is 0 Å². The molecular weight excluding hydrogens is 122 g/mol. The minimum Gasteiger partial charge on any atom is -0.303 e. The normalized spacial score (nSPS) is 34.2. The van der Waals surface area contributed by atoms with Crippen molar-refractivity contribution in [2.75, 3.05) is 0 Å². The summed E-state index contributed by atoms with van der Waals surface area (Å²) < 4.78 is 2.31. The van der Waals surface area contributed by atoms with Crippen LogP contribution in [-0.2, 0) is 4.79 Å². The average Bonchev–Trinajstić information content (AvgIpc) is 2.45. The number of carbonyl (C=O) groups excluding carboxylic acids is 1. The Bertz CT molecular complexity index is 115. The number of carbonyl (C=O) groups is 1. The molecule has 0 radical (unpaired) electrons. The van der Waals surface area contributed by atoms with Crippen LogP contribution in [0, 0.1) is 11.8 Å². The number of thiol groups is 1. The van der Waals surface area contributed by atoms with Gasteiger partial charge in [0, 0.05) is 5.92 Å². The van der Waals surface area contributed by atoms with Gasteiger partial charge in [-0.3, -0.25) is 4.79 Å². The summed E-state index contributed by atoms with van der Waals surface area (Å²) in [5.74, 6) is 0.912. The molecule has 0 aliphatic heterocycles. The van der Waals surface area contributed by atoms with Gasteiger partial charge in [0.05, 0.1) is 0 Å². The van der Waals surface area contributed by atoms with E-state index in [-0.39, 0.29) is 11.8 Å². The molecule has 0 saturated heterocycles. The van der Waals surface area contributed by atoms with E-state index in [2.05, 4.69) is 24.5 Å². The van der Waals surface area contributed by atoms with Gasteiger partial charge < -0.3 is 4.72 Å². The van der Waals surface area contributed by atoms with E-state index < -0.39 is 0 Å². The van der Waals surface area contributed by atoms with Gasteiger partial charge in [0.1, 0.15) is 0 Å². The Balaban J connectivity index is 2.28. The first-order valence-corrected chi connectivity index (χ1v) is 3.14. The molecule has 1 fully saturated rings. The van der Waals surface area contributed by atoms with Crippen molar-refractivity contribution in [1.29, 1.82) is 0 Å². The smallest absolute Gasteiger partial charge is 0.233 e. The van der Waals surface area contributed by atoms with E-state index in [1.807, 2.05) is 0 Å². The highest BCUT2D eigenvalue weighted by Gasteiger charge is 2.38. The summed E-state index contributed by atoms with van der Waals surface area (Å²) in [7, 11) is 0. The van der Waals surface area contributed by atoms with E-state index >= 15 is 0 Å². The molecule has 2 atom stereocenters. The van der Waals surface area contributed by atoms with E-state index in [0.717, 1.165) is 6.42 Å². The highest BCUT2D eigenvalue weighted by molar-refractivity contribution is 7.78. The predicted octanol–water partition coefficient (Wildman–Crippen LogP) is 0.603. The summed E-state index contributed by atoms with van der Waals surface area (Å²) >= 11 is 3.64. The Kier molecular flexibility index (Phi) is 1.47. The number of nitrogens with one attached hydrogen (secondary N) is 1. The molecule has 2 unspecified atom stereocenters. The Morgan fingerprint density at radius 2 is 2.38 bits per heavy atom. The van der Waals surface area contributed by atoms with Crippen LogP contribution in [0.5, 0.6) is 0 Å². The molecule has 0 spiro atoms. The zero-order valence-electron chi connectivity index (χ0n) is 4.72. The second-order valence-electron chi connectivity index (χ2n) is 2.30. The van der Waals surface area contributed by atoms with Crippen LogP contribution in [0.3, 0.4) is 0 Å². The lowest BCUT2D eigenvalue weighted by Crippen LogP contribution is -2.14. The Hall–Kier alpha value is -0.180. The van der Waals surface area contributed by atoms with Crippen LogP contribution in [0.25, 0.3) is 0 Å². The van der Waals surface area contributed by atoms with E-state index in [1.54, 1.807) is 0 Å². The van der Waals surface area contributed by atoms with Crippen molar-refractivity contribution in [2.45, 2.75) is 13.3 Å². The van der Waals surface area contributed by atoms with Crippen LogP contribution in [-0.4, -0.2) is 5.91 Å². The average molecular weight is 131 g/mol. The zero-order valence-corrected chi connectivity index (χ0v) is 5.61. The minimum atomic E-state index is 0.0702. The molecule has 3 heteroatoms. The molecule has 0 heterocycles. The maximum atomic E-state index is 10.6. The fraction of sp³-hybridized carbons (Fsp3) is 0.800. The Morgan fingerprint density at radius 1 is 1.88 bits per heavy atom. The summed E-state index contributed by atoms with van der Waals surface area (Å²) in [4.78, 5) is 10.6. The quantitative estimate of drug-likeness (QED) is 0.501. The lowest BCUT2D eigenvalue weighted by atomic mass is 10.3. The summed E-state index contributed by atoms with van der Waals surface area (Å²) in [6.07, 6.45) is 1.03. The topological polar surface area (TPSA) is 29.1 Å². The van der Waals surface area contributed by atoms with Crippen LogP contribution in [0.4, 0.5) is 0 Å². The van der Waals surface area contributed by atoms with Gasteiger partial charge in [-0.25, -0.2) is 0 Å². The summed E-state index contributed by atoms with van der Waals surface area (Å²) in [5, 5.41) is 0. The summed E-state index contributed by atoms with van der Waals surface area (Å²) in [6.45, 7) is 2.06.